The van der Waals surface area contributed by atoms with Crippen LogP contribution in [0.5, 0.6) is 5.75 Å². The highest BCUT2D eigenvalue weighted by Crippen LogP contribution is 2.32. The molecule has 1 heterocycles. The molecule has 10 heteroatoms. The molecule has 31 heavy (non-hydrogen) atoms. The van der Waals surface area contributed by atoms with Crippen LogP contribution in [0, 0.1) is 0 Å². The molecular weight excluding hydrogens is 433 g/mol. The summed E-state index contributed by atoms with van der Waals surface area (Å²) in [7, 11) is -4.17. The van der Waals surface area contributed by atoms with Crippen molar-refractivity contribution in [2.24, 2.45) is 0 Å². The highest BCUT2D eigenvalue weighted by Gasteiger charge is 2.36. The van der Waals surface area contributed by atoms with Crippen molar-refractivity contribution in [2.45, 2.75) is 43.0 Å². The first-order chi connectivity index (χ1) is 14.6. The minimum Gasteiger partial charge on any atom is -0.404 e. The highest BCUT2D eigenvalue weighted by molar-refractivity contribution is 7.89. The lowest BCUT2D eigenvalue weighted by atomic mass is 10.1. The predicted octanol–water partition coefficient (Wildman–Crippen LogP) is 3.49. The van der Waals surface area contributed by atoms with E-state index >= 15 is 0 Å². The molecule has 0 atom stereocenters. The summed E-state index contributed by atoms with van der Waals surface area (Å²) in [6, 6.07) is 14.1. The van der Waals surface area contributed by atoms with Crippen molar-refractivity contribution in [1.29, 1.82) is 0 Å². The van der Waals surface area contributed by atoms with Crippen molar-refractivity contribution >= 4 is 15.9 Å². The minimum atomic E-state index is -5.00. The molecule has 0 aliphatic carbocycles. The van der Waals surface area contributed by atoms with Gasteiger partial charge in [0.15, 0.2) is 0 Å². The molecule has 1 aliphatic heterocycles. The van der Waals surface area contributed by atoms with Crippen molar-refractivity contribution in [1.82, 2.24) is 9.62 Å². The third-order valence-corrected chi connectivity index (χ3v) is 6.93. The summed E-state index contributed by atoms with van der Waals surface area (Å²) in [5, 5.41) is 2.91. The van der Waals surface area contributed by atoms with Gasteiger partial charge in [-0.1, -0.05) is 42.5 Å². The minimum absolute atomic E-state index is 0.0896. The van der Waals surface area contributed by atoms with Crippen LogP contribution in [0.25, 0.3) is 0 Å². The zero-order valence-electron chi connectivity index (χ0n) is 16.6. The maximum absolute atomic E-state index is 12.9. The third-order valence-electron chi connectivity index (χ3n) is 5.00. The summed E-state index contributed by atoms with van der Waals surface area (Å²) in [6.07, 6.45) is -3.32. The number of halogens is 3. The topological polar surface area (TPSA) is 75.7 Å². The fraction of sp³-hybridized carbons (Fsp3) is 0.381. The monoisotopic (exact) mass is 456 g/mol. The Bertz CT molecular complexity index is 989. The molecule has 0 radical (unpaired) electrons. The third kappa shape index (κ3) is 6.44. The van der Waals surface area contributed by atoms with Gasteiger partial charge in [0.05, 0.1) is 0 Å². The summed E-state index contributed by atoms with van der Waals surface area (Å²) in [5.41, 5.74) is 1.05. The van der Waals surface area contributed by atoms with Gasteiger partial charge in [-0.25, -0.2) is 8.42 Å². The molecular formula is C21H23F3N2O4S. The molecule has 168 valence electrons. The lowest BCUT2D eigenvalue weighted by Gasteiger charge is -2.32. The summed E-state index contributed by atoms with van der Waals surface area (Å²) in [4.78, 5) is 11.7. The number of sulfonamides is 1. The number of amides is 1. The van der Waals surface area contributed by atoms with Gasteiger partial charge in [0.2, 0.25) is 15.9 Å². The van der Waals surface area contributed by atoms with Crippen molar-refractivity contribution in [2.75, 3.05) is 13.1 Å². The second-order valence-corrected chi connectivity index (χ2v) is 9.13. The molecule has 1 amide bonds. The number of hydrogen-bond acceptors (Lipinski definition) is 4. The predicted molar refractivity (Wildman–Crippen MR) is 108 cm³/mol. The Kier molecular flexibility index (Phi) is 7.22. The first-order valence-electron chi connectivity index (χ1n) is 9.83. The molecule has 0 aromatic heterocycles. The second kappa shape index (κ2) is 9.69. The zero-order chi connectivity index (χ0) is 22.5. The molecule has 0 saturated carbocycles. The first-order valence-corrected chi connectivity index (χ1v) is 11.3. The molecule has 0 unspecified atom stereocenters. The van der Waals surface area contributed by atoms with Crippen LogP contribution in [-0.4, -0.2) is 44.1 Å². The number of carbonyl (C=O) groups excluding carboxylic acids is 1. The normalized spacial score (nSPS) is 16.1. The van der Waals surface area contributed by atoms with E-state index in [-0.39, 0.29) is 25.0 Å². The molecule has 6 nitrogen and oxygen atoms in total. The molecule has 1 N–H and O–H groups in total. The maximum Gasteiger partial charge on any atom is 0.573 e. The number of aryl methyl sites for hydroxylation is 1. The van der Waals surface area contributed by atoms with Crippen LogP contribution >= 0.6 is 0 Å². The quantitative estimate of drug-likeness (QED) is 0.692. The lowest BCUT2D eigenvalue weighted by molar-refractivity contribution is -0.275. The van der Waals surface area contributed by atoms with Crippen LogP contribution in [0.4, 0.5) is 13.2 Å². The van der Waals surface area contributed by atoms with Crippen LogP contribution in [0.15, 0.2) is 59.5 Å². The Labute approximate surface area is 179 Å². The zero-order valence-corrected chi connectivity index (χ0v) is 17.5. The number of para-hydroxylation sites is 1. The lowest BCUT2D eigenvalue weighted by Crippen LogP contribution is -2.46. The number of nitrogens with one attached hydrogen (secondary N) is 1. The SMILES string of the molecule is O=C(CCc1ccccc1)NC1CCN(S(=O)(=O)c2ccccc2OC(F)(F)F)CC1. The van der Waals surface area contributed by atoms with Crippen molar-refractivity contribution in [3.8, 4) is 5.75 Å². The Morgan fingerprint density at radius 3 is 2.29 bits per heavy atom. The summed E-state index contributed by atoms with van der Waals surface area (Å²) >= 11 is 0. The Morgan fingerprint density at radius 1 is 1.03 bits per heavy atom. The Balaban J connectivity index is 1.56. The molecule has 2 aromatic rings. The van der Waals surface area contributed by atoms with Crippen LogP contribution in [-0.2, 0) is 21.2 Å². The standard InChI is InChI=1S/C21H23F3N2O4S/c22-21(23,24)30-18-8-4-5-9-19(18)31(28,29)26-14-12-17(13-15-26)25-20(27)11-10-16-6-2-1-3-7-16/h1-9,17H,10-15H2,(H,25,27). The second-order valence-electron chi connectivity index (χ2n) is 7.23. The molecule has 1 saturated heterocycles. The summed E-state index contributed by atoms with van der Waals surface area (Å²) in [6.45, 7) is 0.179. The molecule has 1 fully saturated rings. The number of alkyl halides is 3. The fourth-order valence-corrected chi connectivity index (χ4v) is 5.04. The summed E-state index contributed by atoms with van der Waals surface area (Å²) < 4.78 is 68.6. The van der Waals surface area contributed by atoms with Gasteiger partial charge in [-0.05, 0) is 37.0 Å². The number of carbonyl (C=O) groups is 1. The molecule has 0 bridgehead atoms. The highest BCUT2D eigenvalue weighted by atomic mass is 32.2. The van der Waals surface area contributed by atoms with E-state index in [1.807, 2.05) is 30.3 Å². The van der Waals surface area contributed by atoms with Gasteiger partial charge < -0.3 is 10.1 Å². The number of rotatable bonds is 7. The van der Waals surface area contributed by atoms with Gasteiger partial charge in [0.25, 0.3) is 0 Å². The van der Waals surface area contributed by atoms with E-state index in [1.165, 1.54) is 12.1 Å². The molecule has 3 rings (SSSR count). The smallest absolute Gasteiger partial charge is 0.404 e. The van der Waals surface area contributed by atoms with E-state index in [0.717, 1.165) is 22.0 Å². The van der Waals surface area contributed by atoms with E-state index < -0.39 is 27.0 Å². The van der Waals surface area contributed by atoms with Crippen molar-refractivity contribution in [3.63, 3.8) is 0 Å². The van der Waals surface area contributed by atoms with Crippen molar-refractivity contribution < 1.29 is 31.1 Å². The van der Waals surface area contributed by atoms with Gasteiger partial charge >= 0.3 is 6.36 Å². The van der Waals surface area contributed by atoms with E-state index in [4.69, 9.17) is 0 Å². The number of ether oxygens (including phenoxy) is 1. The van der Waals surface area contributed by atoms with Crippen LogP contribution in [0.2, 0.25) is 0 Å². The molecule has 2 aromatic carbocycles. The van der Waals surface area contributed by atoms with Crippen LogP contribution in [0.3, 0.4) is 0 Å². The fourth-order valence-electron chi connectivity index (χ4n) is 3.45. The van der Waals surface area contributed by atoms with Gasteiger partial charge in [0.1, 0.15) is 10.6 Å². The average Bonchev–Trinajstić information content (AvgIpc) is 2.72. The van der Waals surface area contributed by atoms with Gasteiger partial charge in [-0.2, -0.15) is 4.31 Å². The number of benzene rings is 2. The van der Waals surface area contributed by atoms with Gasteiger partial charge in [0, 0.05) is 25.6 Å². The molecule has 0 spiro atoms. The largest absolute Gasteiger partial charge is 0.573 e. The van der Waals surface area contributed by atoms with E-state index in [0.29, 0.717) is 25.7 Å². The number of piperidine rings is 1. The van der Waals surface area contributed by atoms with Gasteiger partial charge in [-0.3, -0.25) is 4.79 Å². The number of hydrogen-bond donors (Lipinski definition) is 1. The average molecular weight is 456 g/mol. The van der Waals surface area contributed by atoms with E-state index in [1.54, 1.807) is 0 Å². The number of nitrogens with zero attached hydrogens (tertiary/aromatic N) is 1. The maximum atomic E-state index is 12.9. The van der Waals surface area contributed by atoms with Crippen LogP contribution in [0.1, 0.15) is 24.8 Å². The van der Waals surface area contributed by atoms with Crippen molar-refractivity contribution in [3.05, 3.63) is 60.2 Å². The van der Waals surface area contributed by atoms with E-state index in [2.05, 4.69) is 10.1 Å². The Morgan fingerprint density at radius 2 is 1.65 bits per heavy atom. The van der Waals surface area contributed by atoms with E-state index in [9.17, 15) is 26.4 Å². The molecule has 1 aliphatic rings. The first kappa shape index (κ1) is 23.1. The van der Waals surface area contributed by atoms with Gasteiger partial charge in [-0.15, -0.1) is 13.2 Å². The van der Waals surface area contributed by atoms with Crippen LogP contribution < -0.4 is 10.1 Å². The summed E-state index contributed by atoms with van der Waals surface area (Å²) in [5.74, 6) is -0.875. The Hall–Kier alpha value is -2.59.